The van der Waals surface area contributed by atoms with E-state index >= 15 is 0 Å². The molecule has 0 spiro atoms. The van der Waals surface area contributed by atoms with Crippen molar-refractivity contribution in [1.82, 2.24) is 16.0 Å². The molecule has 0 aliphatic heterocycles. The van der Waals surface area contributed by atoms with Crippen LogP contribution >= 0.6 is 24.0 Å². The second-order valence-corrected chi connectivity index (χ2v) is 7.87. The SMILES string of the molecule is CN=C(NCCC1=CCCC1)NCC(C)(C)NC(=O)OC(C)(C)C.I. The van der Waals surface area contributed by atoms with Crippen molar-refractivity contribution in [2.75, 3.05) is 20.1 Å². The van der Waals surface area contributed by atoms with Crippen molar-refractivity contribution in [3.05, 3.63) is 11.6 Å². The highest BCUT2D eigenvalue weighted by Crippen LogP contribution is 2.19. The molecule has 0 heterocycles. The molecule has 0 unspecified atom stereocenters. The maximum absolute atomic E-state index is 11.9. The Morgan fingerprint density at radius 1 is 1.24 bits per heavy atom. The average Bonchev–Trinajstić information content (AvgIpc) is 2.92. The number of aliphatic imine (C=N–C) groups is 1. The molecule has 0 bridgehead atoms. The largest absolute Gasteiger partial charge is 0.444 e. The Bertz CT molecular complexity index is 482. The third kappa shape index (κ3) is 11.3. The predicted octanol–water partition coefficient (Wildman–Crippen LogP) is 3.57. The lowest BCUT2D eigenvalue weighted by atomic mass is 10.1. The number of ether oxygens (including phenoxy) is 1. The van der Waals surface area contributed by atoms with Crippen LogP contribution in [-0.4, -0.2) is 43.3 Å². The fraction of sp³-hybridized carbons (Fsp3) is 0.778. The summed E-state index contributed by atoms with van der Waals surface area (Å²) in [7, 11) is 1.75. The number of amides is 1. The molecule has 25 heavy (non-hydrogen) atoms. The first-order valence-electron chi connectivity index (χ1n) is 8.75. The molecule has 0 radical (unpaired) electrons. The van der Waals surface area contributed by atoms with Crippen LogP contribution in [0.1, 0.15) is 60.3 Å². The van der Waals surface area contributed by atoms with E-state index in [2.05, 4.69) is 27.0 Å². The molecule has 0 atom stereocenters. The smallest absolute Gasteiger partial charge is 0.408 e. The monoisotopic (exact) mass is 466 g/mol. The molecule has 3 N–H and O–H groups in total. The quantitative estimate of drug-likeness (QED) is 0.242. The highest BCUT2D eigenvalue weighted by molar-refractivity contribution is 14.0. The third-order valence-corrected chi connectivity index (χ3v) is 3.63. The molecule has 146 valence electrons. The van der Waals surface area contributed by atoms with Gasteiger partial charge in [0.2, 0.25) is 0 Å². The summed E-state index contributed by atoms with van der Waals surface area (Å²) < 4.78 is 5.30. The molecule has 0 aromatic rings. The fourth-order valence-corrected chi connectivity index (χ4v) is 2.46. The van der Waals surface area contributed by atoms with Crippen LogP contribution in [0, 0.1) is 0 Å². The molecule has 7 heteroatoms. The standard InChI is InChI=1S/C18H34N4O2.HI/c1-17(2,3)24-16(23)22-18(4,5)13-21-15(19-6)20-12-11-14-9-7-8-10-14;/h9H,7-8,10-13H2,1-6H3,(H,22,23)(H2,19,20,21);1H. The number of nitrogens with one attached hydrogen (secondary N) is 3. The van der Waals surface area contributed by atoms with Crippen LogP contribution in [0.25, 0.3) is 0 Å². The van der Waals surface area contributed by atoms with Gasteiger partial charge in [0.05, 0.1) is 5.54 Å². The normalized spacial score (nSPS) is 15.1. The maximum Gasteiger partial charge on any atom is 0.408 e. The van der Waals surface area contributed by atoms with E-state index in [-0.39, 0.29) is 24.0 Å². The van der Waals surface area contributed by atoms with Crippen molar-refractivity contribution in [3.63, 3.8) is 0 Å². The first kappa shape index (κ1) is 24.0. The number of alkyl carbamates (subject to hydrolysis) is 1. The zero-order valence-corrected chi connectivity index (χ0v) is 18.8. The van der Waals surface area contributed by atoms with E-state index in [0.29, 0.717) is 6.54 Å². The van der Waals surface area contributed by atoms with Crippen molar-refractivity contribution < 1.29 is 9.53 Å². The zero-order chi connectivity index (χ0) is 18.2. The van der Waals surface area contributed by atoms with Crippen LogP contribution in [0.5, 0.6) is 0 Å². The summed E-state index contributed by atoms with van der Waals surface area (Å²) >= 11 is 0. The highest BCUT2D eigenvalue weighted by atomic mass is 127. The molecule has 0 fully saturated rings. The number of nitrogens with zero attached hydrogens (tertiary/aromatic N) is 1. The van der Waals surface area contributed by atoms with Gasteiger partial charge in [-0.2, -0.15) is 0 Å². The molecule has 6 nitrogen and oxygen atoms in total. The van der Waals surface area contributed by atoms with Gasteiger partial charge in [0.1, 0.15) is 5.60 Å². The van der Waals surface area contributed by atoms with Gasteiger partial charge in [0, 0.05) is 20.1 Å². The minimum absolute atomic E-state index is 0. The van der Waals surface area contributed by atoms with Gasteiger partial charge in [-0.1, -0.05) is 11.6 Å². The summed E-state index contributed by atoms with van der Waals surface area (Å²) in [4.78, 5) is 16.1. The zero-order valence-electron chi connectivity index (χ0n) is 16.5. The Hall–Kier alpha value is -0.990. The average molecular weight is 466 g/mol. The van der Waals surface area contributed by atoms with Crippen LogP contribution < -0.4 is 16.0 Å². The molecular weight excluding hydrogens is 431 g/mol. The number of halogens is 1. The molecule has 1 aliphatic carbocycles. The first-order valence-corrected chi connectivity index (χ1v) is 8.75. The summed E-state index contributed by atoms with van der Waals surface area (Å²) in [6.07, 6.45) is 6.71. The molecule has 1 amide bonds. The van der Waals surface area contributed by atoms with E-state index in [0.717, 1.165) is 18.9 Å². The van der Waals surface area contributed by atoms with Crippen LogP contribution in [-0.2, 0) is 4.74 Å². The van der Waals surface area contributed by atoms with Crippen molar-refractivity contribution in [2.45, 2.75) is 71.4 Å². The Labute approximate surface area is 169 Å². The molecule has 1 rings (SSSR count). The van der Waals surface area contributed by atoms with Crippen molar-refractivity contribution in [2.24, 2.45) is 4.99 Å². The van der Waals surface area contributed by atoms with Gasteiger partial charge in [-0.25, -0.2) is 4.79 Å². The van der Waals surface area contributed by atoms with Crippen LogP contribution in [0.4, 0.5) is 4.79 Å². The van der Waals surface area contributed by atoms with Gasteiger partial charge < -0.3 is 20.7 Å². The van der Waals surface area contributed by atoms with Crippen LogP contribution in [0.15, 0.2) is 16.6 Å². The molecule has 0 aromatic heterocycles. The lowest BCUT2D eigenvalue weighted by molar-refractivity contribution is 0.0474. The first-order chi connectivity index (χ1) is 11.1. The van der Waals surface area contributed by atoms with Crippen molar-refractivity contribution in [1.29, 1.82) is 0 Å². The minimum Gasteiger partial charge on any atom is -0.444 e. The lowest BCUT2D eigenvalue weighted by Crippen LogP contribution is -2.54. The molecule has 0 saturated carbocycles. The lowest BCUT2D eigenvalue weighted by Gasteiger charge is -2.29. The topological polar surface area (TPSA) is 74.8 Å². The summed E-state index contributed by atoms with van der Waals surface area (Å²) in [6.45, 7) is 10.9. The van der Waals surface area contributed by atoms with Gasteiger partial charge >= 0.3 is 6.09 Å². The van der Waals surface area contributed by atoms with E-state index in [1.54, 1.807) is 7.05 Å². The number of hydrogen-bond donors (Lipinski definition) is 3. The summed E-state index contributed by atoms with van der Waals surface area (Å²) in [5.41, 5.74) is 0.582. The summed E-state index contributed by atoms with van der Waals surface area (Å²) in [6, 6.07) is 0. The Balaban J connectivity index is 0.00000576. The van der Waals surface area contributed by atoms with Crippen molar-refractivity contribution >= 4 is 36.0 Å². The number of rotatable bonds is 6. The Morgan fingerprint density at radius 2 is 1.92 bits per heavy atom. The van der Waals surface area contributed by atoms with Gasteiger partial charge in [0.25, 0.3) is 0 Å². The third-order valence-electron chi connectivity index (χ3n) is 3.63. The van der Waals surface area contributed by atoms with Crippen LogP contribution in [0.3, 0.4) is 0 Å². The van der Waals surface area contributed by atoms with E-state index < -0.39 is 17.2 Å². The van der Waals surface area contributed by atoms with Gasteiger partial charge in [-0.15, -0.1) is 24.0 Å². The van der Waals surface area contributed by atoms with Gasteiger partial charge in [0.15, 0.2) is 5.96 Å². The van der Waals surface area contributed by atoms with E-state index in [4.69, 9.17) is 4.74 Å². The Kier molecular flexibility index (Phi) is 10.4. The Morgan fingerprint density at radius 3 is 2.44 bits per heavy atom. The fourth-order valence-electron chi connectivity index (χ4n) is 2.46. The van der Waals surface area contributed by atoms with Gasteiger partial charge in [-0.05, 0) is 60.3 Å². The molecule has 0 aromatic carbocycles. The van der Waals surface area contributed by atoms with Gasteiger partial charge in [-0.3, -0.25) is 4.99 Å². The summed E-state index contributed by atoms with van der Waals surface area (Å²) in [5, 5.41) is 9.44. The van der Waals surface area contributed by atoms with E-state index in [1.807, 2.05) is 34.6 Å². The second kappa shape index (κ2) is 10.9. The minimum atomic E-state index is -0.500. The molecular formula is C18H35IN4O2. The number of carbonyl (C=O) groups excluding carboxylic acids is 1. The second-order valence-electron chi connectivity index (χ2n) is 7.87. The highest BCUT2D eigenvalue weighted by Gasteiger charge is 2.24. The summed E-state index contributed by atoms with van der Waals surface area (Å²) in [5.74, 6) is 0.743. The number of carbonyl (C=O) groups is 1. The predicted molar refractivity (Wildman–Crippen MR) is 115 cm³/mol. The van der Waals surface area contributed by atoms with Crippen LogP contribution in [0.2, 0.25) is 0 Å². The van der Waals surface area contributed by atoms with E-state index in [1.165, 1.54) is 24.8 Å². The number of guanidine groups is 1. The number of allylic oxidation sites excluding steroid dienone is 1. The van der Waals surface area contributed by atoms with E-state index in [9.17, 15) is 4.79 Å². The molecule has 1 aliphatic rings. The maximum atomic E-state index is 11.9. The number of hydrogen-bond acceptors (Lipinski definition) is 3. The molecule has 0 saturated heterocycles. The van der Waals surface area contributed by atoms with Crippen molar-refractivity contribution in [3.8, 4) is 0 Å².